The second-order valence-corrected chi connectivity index (χ2v) is 5.97. The summed E-state index contributed by atoms with van der Waals surface area (Å²) in [4.78, 5) is 26.1. The van der Waals surface area contributed by atoms with Gasteiger partial charge in [0.25, 0.3) is 0 Å². The molecule has 0 radical (unpaired) electrons. The molecule has 0 unspecified atom stereocenters. The fourth-order valence-corrected chi connectivity index (χ4v) is 2.86. The smallest absolute Gasteiger partial charge is 0.323 e. The van der Waals surface area contributed by atoms with Gasteiger partial charge in [-0.3, -0.25) is 4.79 Å². The number of carbonyl (C=O) groups is 2. The first-order valence-electron chi connectivity index (χ1n) is 8.51. The summed E-state index contributed by atoms with van der Waals surface area (Å²) in [6, 6.07) is 12.1. The predicted octanol–water partition coefficient (Wildman–Crippen LogP) is 2.28. The topological polar surface area (TPSA) is 91.9 Å². The average Bonchev–Trinajstić information content (AvgIpc) is 2.68. The first-order valence-corrected chi connectivity index (χ1v) is 8.51. The molecule has 8 nitrogen and oxygen atoms in total. The van der Waals surface area contributed by atoms with Crippen molar-refractivity contribution in [2.45, 2.75) is 0 Å². The number of nitrogens with zero attached hydrogens (tertiary/aromatic N) is 1. The fourth-order valence-electron chi connectivity index (χ4n) is 2.86. The molecular weight excluding hydrogens is 348 g/mol. The van der Waals surface area contributed by atoms with E-state index in [4.69, 9.17) is 9.47 Å². The summed E-state index contributed by atoms with van der Waals surface area (Å²) in [6.45, 7) is 1.51. The molecule has 3 N–H and O–H groups in total. The van der Waals surface area contributed by atoms with Crippen molar-refractivity contribution in [1.29, 1.82) is 0 Å². The van der Waals surface area contributed by atoms with E-state index in [1.165, 1.54) is 0 Å². The van der Waals surface area contributed by atoms with Crippen molar-refractivity contribution in [2.24, 2.45) is 0 Å². The molecular formula is C19H22N4O4. The molecule has 27 heavy (non-hydrogen) atoms. The van der Waals surface area contributed by atoms with Gasteiger partial charge in [0, 0.05) is 37.0 Å². The van der Waals surface area contributed by atoms with Crippen LogP contribution in [0.2, 0.25) is 0 Å². The van der Waals surface area contributed by atoms with E-state index in [1.54, 1.807) is 38.5 Å². The van der Waals surface area contributed by atoms with Crippen molar-refractivity contribution in [3.63, 3.8) is 0 Å². The molecule has 1 aliphatic rings. The number of piperazine rings is 1. The van der Waals surface area contributed by atoms with Crippen molar-refractivity contribution in [2.75, 3.05) is 49.4 Å². The third kappa shape index (κ3) is 4.60. The lowest BCUT2D eigenvalue weighted by Gasteiger charge is -2.30. The lowest BCUT2D eigenvalue weighted by Crippen LogP contribution is -2.48. The Hall–Kier alpha value is -3.42. The molecule has 3 amide bonds. The van der Waals surface area contributed by atoms with Crippen LogP contribution in [0.15, 0.2) is 42.5 Å². The zero-order valence-corrected chi connectivity index (χ0v) is 15.2. The van der Waals surface area contributed by atoms with Crippen LogP contribution in [-0.2, 0) is 4.79 Å². The number of methoxy groups -OCH3 is 2. The number of ether oxygens (including phenoxy) is 2. The van der Waals surface area contributed by atoms with Gasteiger partial charge in [0.05, 0.1) is 32.1 Å². The van der Waals surface area contributed by atoms with E-state index >= 15 is 0 Å². The van der Waals surface area contributed by atoms with Gasteiger partial charge >= 0.3 is 6.03 Å². The lowest BCUT2D eigenvalue weighted by atomic mass is 10.2. The van der Waals surface area contributed by atoms with E-state index in [9.17, 15) is 9.59 Å². The number of urea groups is 1. The van der Waals surface area contributed by atoms with Crippen LogP contribution in [-0.4, -0.2) is 45.8 Å². The Morgan fingerprint density at radius 1 is 1.07 bits per heavy atom. The molecule has 0 atom stereocenters. The Kier molecular flexibility index (Phi) is 5.65. The SMILES string of the molecule is COc1cc(NC(=O)Nc2ccccc2N2CCNC(=O)C2)cc(OC)c1. The van der Waals surface area contributed by atoms with Gasteiger partial charge in [-0.2, -0.15) is 0 Å². The molecule has 1 fully saturated rings. The average molecular weight is 370 g/mol. The molecule has 3 rings (SSSR count). The fraction of sp³-hybridized carbons (Fsp3) is 0.263. The third-order valence-corrected chi connectivity index (χ3v) is 4.14. The number of para-hydroxylation sites is 2. The van der Waals surface area contributed by atoms with E-state index < -0.39 is 6.03 Å². The molecule has 0 aromatic heterocycles. The van der Waals surface area contributed by atoms with Crippen LogP contribution >= 0.6 is 0 Å². The molecule has 1 aliphatic heterocycles. The molecule has 0 aliphatic carbocycles. The van der Waals surface area contributed by atoms with Gasteiger partial charge in [-0.1, -0.05) is 12.1 Å². The van der Waals surface area contributed by atoms with E-state index in [0.29, 0.717) is 36.0 Å². The first kappa shape index (κ1) is 18.4. The largest absolute Gasteiger partial charge is 0.497 e. The summed E-state index contributed by atoms with van der Waals surface area (Å²) in [6.07, 6.45) is 0. The molecule has 0 spiro atoms. The minimum absolute atomic E-state index is 0.0380. The number of hydrogen-bond acceptors (Lipinski definition) is 5. The van der Waals surface area contributed by atoms with Crippen LogP contribution in [0.25, 0.3) is 0 Å². The van der Waals surface area contributed by atoms with E-state index in [0.717, 1.165) is 5.69 Å². The standard InChI is InChI=1S/C19H22N4O4/c1-26-14-9-13(10-15(11-14)27-2)21-19(25)22-16-5-3-4-6-17(16)23-8-7-20-18(24)12-23/h3-6,9-11H,7-8,12H2,1-2H3,(H,20,24)(H2,21,22,25). The number of rotatable bonds is 5. The number of hydrogen-bond donors (Lipinski definition) is 3. The highest BCUT2D eigenvalue weighted by Crippen LogP contribution is 2.28. The summed E-state index contributed by atoms with van der Waals surface area (Å²) in [5.41, 5.74) is 1.96. The van der Waals surface area contributed by atoms with Gasteiger partial charge in [-0.15, -0.1) is 0 Å². The first-order chi connectivity index (χ1) is 13.1. The second kappa shape index (κ2) is 8.31. The Labute approximate surface area is 157 Å². The van der Waals surface area contributed by atoms with Gasteiger partial charge in [0.2, 0.25) is 5.91 Å². The molecule has 2 aromatic carbocycles. The van der Waals surface area contributed by atoms with Crippen LogP contribution < -0.4 is 30.3 Å². The predicted molar refractivity (Wildman–Crippen MR) is 104 cm³/mol. The molecule has 2 aromatic rings. The summed E-state index contributed by atoms with van der Waals surface area (Å²) < 4.78 is 10.4. The van der Waals surface area contributed by atoms with Crippen LogP contribution in [0.5, 0.6) is 11.5 Å². The van der Waals surface area contributed by atoms with Gasteiger partial charge < -0.3 is 30.3 Å². The van der Waals surface area contributed by atoms with Crippen LogP contribution in [0.1, 0.15) is 0 Å². The maximum atomic E-state index is 12.5. The van der Waals surface area contributed by atoms with E-state index in [-0.39, 0.29) is 12.5 Å². The maximum Gasteiger partial charge on any atom is 0.323 e. The summed E-state index contributed by atoms with van der Waals surface area (Å²) in [5, 5.41) is 8.40. The van der Waals surface area contributed by atoms with E-state index in [1.807, 2.05) is 23.1 Å². The van der Waals surface area contributed by atoms with Gasteiger partial charge in [-0.25, -0.2) is 4.79 Å². The second-order valence-electron chi connectivity index (χ2n) is 5.97. The summed E-state index contributed by atoms with van der Waals surface area (Å²) >= 11 is 0. The maximum absolute atomic E-state index is 12.5. The zero-order valence-electron chi connectivity index (χ0n) is 15.2. The molecule has 1 saturated heterocycles. The number of benzene rings is 2. The molecule has 142 valence electrons. The zero-order chi connectivity index (χ0) is 19.2. The normalized spacial score (nSPS) is 13.6. The Balaban J connectivity index is 1.74. The van der Waals surface area contributed by atoms with Crippen molar-refractivity contribution in [3.8, 4) is 11.5 Å². The third-order valence-electron chi connectivity index (χ3n) is 4.14. The Morgan fingerprint density at radius 3 is 2.44 bits per heavy atom. The van der Waals surface area contributed by atoms with Gasteiger partial charge in [-0.05, 0) is 12.1 Å². The van der Waals surface area contributed by atoms with Crippen LogP contribution in [0.4, 0.5) is 21.9 Å². The van der Waals surface area contributed by atoms with Crippen LogP contribution in [0, 0.1) is 0 Å². The molecule has 0 saturated carbocycles. The number of anilines is 3. The quantitative estimate of drug-likeness (QED) is 0.751. The Morgan fingerprint density at radius 2 is 1.78 bits per heavy atom. The van der Waals surface area contributed by atoms with Crippen molar-refractivity contribution < 1.29 is 19.1 Å². The van der Waals surface area contributed by atoms with Crippen molar-refractivity contribution in [1.82, 2.24) is 5.32 Å². The molecule has 8 heteroatoms. The van der Waals surface area contributed by atoms with Gasteiger partial charge in [0.1, 0.15) is 11.5 Å². The summed E-state index contributed by atoms with van der Waals surface area (Å²) in [7, 11) is 3.09. The highest BCUT2D eigenvalue weighted by Gasteiger charge is 2.19. The minimum Gasteiger partial charge on any atom is -0.497 e. The van der Waals surface area contributed by atoms with Crippen molar-refractivity contribution >= 4 is 29.0 Å². The lowest BCUT2D eigenvalue weighted by molar-refractivity contribution is -0.120. The number of carbonyl (C=O) groups excluding carboxylic acids is 2. The number of amides is 3. The van der Waals surface area contributed by atoms with Crippen LogP contribution in [0.3, 0.4) is 0 Å². The number of nitrogens with one attached hydrogen (secondary N) is 3. The minimum atomic E-state index is -0.404. The van der Waals surface area contributed by atoms with Gasteiger partial charge in [0.15, 0.2) is 0 Å². The Bertz CT molecular complexity index is 818. The highest BCUT2D eigenvalue weighted by atomic mass is 16.5. The molecule has 1 heterocycles. The monoisotopic (exact) mass is 370 g/mol. The summed E-state index contributed by atoms with van der Waals surface area (Å²) in [5.74, 6) is 1.11. The van der Waals surface area contributed by atoms with Crippen molar-refractivity contribution in [3.05, 3.63) is 42.5 Å². The molecule has 0 bridgehead atoms. The highest BCUT2D eigenvalue weighted by molar-refractivity contribution is 6.02. The van der Waals surface area contributed by atoms with E-state index in [2.05, 4.69) is 16.0 Å².